The highest BCUT2D eigenvalue weighted by molar-refractivity contribution is 5.82. The maximum Gasteiger partial charge on any atom is 0.122 e. The van der Waals surface area contributed by atoms with Gasteiger partial charge in [0.05, 0.1) is 5.69 Å². The molecule has 33 heavy (non-hydrogen) atoms. The summed E-state index contributed by atoms with van der Waals surface area (Å²) >= 11 is 0. The van der Waals surface area contributed by atoms with E-state index >= 15 is 0 Å². The van der Waals surface area contributed by atoms with Gasteiger partial charge in [0.2, 0.25) is 0 Å². The first-order chi connectivity index (χ1) is 16.3. The Balaban J connectivity index is 0.000000151. The smallest absolute Gasteiger partial charge is 0.122 e. The third-order valence-electron chi connectivity index (χ3n) is 5.69. The van der Waals surface area contributed by atoms with Crippen molar-refractivity contribution < 1.29 is 0 Å². The Labute approximate surface area is 193 Å². The molecule has 0 aliphatic heterocycles. The van der Waals surface area contributed by atoms with Crippen molar-refractivity contribution in [2.45, 2.75) is 6.42 Å². The predicted molar refractivity (Wildman–Crippen MR) is 133 cm³/mol. The monoisotopic (exact) mass is 423 g/mol. The fourth-order valence-corrected chi connectivity index (χ4v) is 4.17. The van der Waals surface area contributed by atoms with Crippen molar-refractivity contribution >= 4 is 0 Å². The molecule has 1 aliphatic carbocycles. The molecule has 6 rings (SSSR count). The van der Waals surface area contributed by atoms with Crippen LogP contribution in [0.1, 0.15) is 16.8 Å². The van der Waals surface area contributed by atoms with E-state index in [0.29, 0.717) is 5.69 Å². The molecule has 5 aromatic rings. The third kappa shape index (κ3) is 4.15. The number of aromatic nitrogens is 3. The molecule has 3 aromatic heterocycles. The summed E-state index contributed by atoms with van der Waals surface area (Å²) in [6.45, 7) is 0. The van der Waals surface area contributed by atoms with Crippen molar-refractivity contribution in [3.05, 3.63) is 127 Å². The normalized spacial score (nSPS) is 10.9. The lowest BCUT2D eigenvalue weighted by atomic mass is 10.00. The van der Waals surface area contributed by atoms with Gasteiger partial charge in [0.25, 0.3) is 0 Å². The zero-order valence-electron chi connectivity index (χ0n) is 18.0. The van der Waals surface area contributed by atoms with E-state index in [1.54, 1.807) is 18.6 Å². The molecule has 0 saturated carbocycles. The van der Waals surface area contributed by atoms with Gasteiger partial charge in [-0.25, -0.2) is 4.98 Å². The largest absolute Gasteiger partial charge is 0.264 e. The Morgan fingerprint density at radius 1 is 0.606 bits per heavy atom. The summed E-state index contributed by atoms with van der Waals surface area (Å²) in [7, 11) is 0. The summed E-state index contributed by atoms with van der Waals surface area (Å²) in [6, 6.07) is 28.9. The third-order valence-corrected chi connectivity index (χ3v) is 5.69. The Kier molecular flexibility index (Phi) is 5.74. The highest BCUT2D eigenvalue weighted by Gasteiger charge is 2.16. The second kappa shape index (κ2) is 9.30. The van der Waals surface area contributed by atoms with Gasteiger partial charge < -0.3 is 0 Å². The molecule has 0 N–H and O–H groups in total. The minimum Gasteiger partial charge on any atom is -0.264 e. The van der Waals surface area contributed by atoms with Crippen LogP contribution in [0.5, 0.6) is 0 Å². The molecule has 0 fully saturated rings. The Morgan fingerprint density at radius 2 is 1.21 bits per heavy atom. The van der Waals surface area contributed by atoms with Gasteiger partial charge in [0.1, 0.15) is 5.69 Å². The Morgan fingerprint density at radius 3 is 1.88 bits per heavy atom. The number of hydrogen-bond donors (Lipinski definition) is 0. The highest BCUT2D eigenvalue weighted by Crippen LogP contribution is 2.35. The van der Waals surface area contributed by atoms with Crippen LogP contribution in [0, 0.1) is 12.3 Å². The van der Waals surface area contributed by atoms with Crippen molar-refractivity contribution in [2.24, 2.45) is 0 Å². The van der Waals surface area contributed by atoms with Crippen molar-refractivity contribution in [2.75, 3.05) is 0 Å². The zero-order chi connectivity index (χ0) is 22.5. The number of nitrogens with zero attached hydrogens (tertiary/aromatic N) is 3. The molecule has 0 bridgehead atoms. The first kappa shape index (κ1) is 20.4. The molecule has 2 aromatic carbocycles. The van der Waals surface area contributed by atoms with Crippen LogP contribution in [-0.2, 0) is 6.42 Å². The van der Waals surface area contributed by atoms with Crippen molar-refractivity contribution in [1.82, 2.24) is 15.0 Å². The molecule has 0 unspecified atom stereocenters. The van der Waals surface area contributed by atoms with Crippen molar-refractivity contribution in [3.63, 3.8) is 0 Å². The number of hydrogen-bond acceptors (Lipinski definition) is 3. The van der Waals surface area contributed by atoms with Crippen molar-refractivity contribution in [3.8, 4) is 45.9 Å². The van der Waals surface area contributed by atoms with Crippen LogP contribution in [0.3, 0.4) is 0 Å². The lowest BCUT2D eigenvalue weighted by Gasteiger charge is -2.09. The Hall–Kier alpha value is -4.55. The maximum absolute atomic E-state index is 5.52. The molecular weight excluding hydrogens is 402 g/mol. The van der Waals surface area contributed by atoms with Gasteiger partial charge in [-0.3, -0.25) is 9.97 Å². The van der Waals surface area contributed by atoms with Crippen LogP contribution in [-0.4, -0.2) is 15.0 Å². The fraction of sp³-hybridized carbons (Fsp3) is 0.0333. The second-order valence-electron chi connectivity index (χ2n) is 7.68. The van der Waals surface area contributed by atoms with E-state index in [0.717, 1.165) is 28.8 Å². The topological polar surface area (TPSA) is 38.7 Å². The van der Waals surface area contributed by atoms with Crippen LogP contribution >= 0.6 is 0 Å². The van der Waals surface area contributed by atoms with E-state index in [2.05, 4.69) is 69.4 Å². The van der Waals surface area contributed by atoms with Crippen molar-refractivity contribution in [1.29, 1.82) is 0 Å². The second-order valence-corrected chi connectivity index (χ2v) is 7.68. The SMILES string of the molecule is C#Cc1ncccc1-c1ncccc1-c1cccnc1.c1ccc2c(c1)Cc1ccccc1-2. The van der Waals surface area contributed by atoms with Gasteiger partial charge in [-0.05, 0) is 58.9 Å². The lowest BCUT2D eigenvalue weighted by molar-refractivity contribution is 1.25. The van der Waals surface area contributed by atoms with Crippen LogP contribution in [0.25, 0.3) is 33.5 Å². The number of terminal acetylenes is 1. The van der Waals surface area contributed by atoms with E-state index in [-0.39, 0.29) is 0 Å². The molecule has 0 saturated heterocycles. The first-order valence-electron chi connectivity index (χ1n) is 10.8. The number of benzene rings is 2. The summed E-state index contributed by atoms with van der Waals surface area (Å²) < 4.78 is 0. The lowest BCUT2D eigenvalue weighted by Crippen LogP contribution is -1.93. The van der Waals surface area contributed by atoms with E-state index < -0.39 is 0 Å². The van der Waals surface area contributed by atoms with Crippen LogP contribution in [0.15, 0.2) is 110 Å². The fourth-order valence-electron chi connectivity index (χ4n) is 4.17. The van der Waals surface area contributed by atoms with E-state index in [4.69, 9.17) is 6.42 Å². The molecule has 0 spiro atoms. The number of pyridine rings is 3. The number of fused-ring (bicyclic) bond motifs is 3. The Bertz CT molecular complexity index is 1410. The quantitative estimate of drug-likeness (QED) is 0.301. The zero-order valence-corrected chi connectivity index (χ0v) is 18.0. The molecule has 3 heteroatoms. The van der Waals surface area contributed by atoms with Gasteiger partial charge in [0, 0.05) is 41.5 Å². The predicted octanol–water partition coefficient (Wildman–Crippen LogP) is 6.44. The maximum atomic E-state index is 5.52. The summed E-state index contributed by atoms with van der Waals surface area (Å²) in [5.74, 6) is 2.61. The molecular formula is C30H21N3. The number of rotatable bonds is 2. The molecule has 0 amide bonds. The van der Waals surface area contributed by atoms with Crippen LogP contribution < -0.4 is 0 Å². The molecule has 0 radical (unpaired) electrons. The summed E-state index contributed by atoms with van der Waals surface area (Å²) in [4.78, 5) is 12.8. The minimum atomic E-state index is 0.594. The summed E-state index contributed by atoms with van der Waals surface area (Å²) in [5, 5.41) is 0. The molecule has 1 aliphatic rings. The van der Waals surface area contributed by atoms with Gasteiger partial charge >= 0.3 is 0 Å². The van der Waals surface area contributed by atoms with Crippen LogP contribution in [0.2, 0.25) is 0 Å². The van der Waals surface area contributed by atoms with Crippen LogP contribution in [0.4, 0.5) is 0 Å². The van der Waals surface area contributed by atoms with E-state index in [1.165, 1.54) is 22.3 Å². The van der Waals surface area contributed by atoms with Gasteiger partial charge in [-0.15, -0.1) is 6.42 Å². The molecule has 3 nitrogen and oxygen atoms in total. The highest BCUT2D eigenvalue weighted by atomic mass is 14.7. The molecule has 156 valence electrons. The molecule has 0 atom stereocenters. The van der Waals surface area contributed by atoms with Gasteiger partial charge in [-0.2, -0.15) is 0 Å². The minimum absolute atomic E-state index is 0.594. The average Bonchev–Trinajstić information content (AvgIpc) is 3.28. The standard InChI is InChI=1S/C17H11N3.C13H10/c1-2-16-15(8-5-10-19-16)17-14(7-4-11-20-17)13-6-3-9-18-12-13;1-3-7-12-10(5-1)9-11-6-2-4-8-13(11)12/h1,3-12H;1-8H,9H2. The van der Waals surface area contributed by atoms with E-state index in [1.807, 2.05) is 42.6 Å². The first-order valence-corrected chi connectivity index (χ1v) is 10.8. The van der Waals surface area contributed by atoms with Gasteiger partial charge in [-0.1, -0.05) is 60.7 Å². The summed E-state index contributed by atoms with van der Waals surface area (Å²) in [6.07, 6.45) is 13.6. The van der Waals surface area contributed by atoms with Gasteiger partial charge in [0.15, 0.2) is 0 Å². The average molecular weight is 424 g/mol. The van der Waals surface area contributed by atoms with E-state index in [9.17, 15) is 0 Å². The molecule has 3 heterocycles. The summed E-state index contributed by atoms with van der Waals surface area (Å²) in [5.41, 5.74) is 10.0.